The predicted octanol–water partition coefficient (Wildman–Crippen LogP) is 0.379. The molecule has 0 atom stereocenters. The second kappa shape index (κ2) is 6.89. The Morgan fingerprint density at radius 2 is 2.35 bits per heavy atom. The number of nitriles is 1. The number of piperazine rings is 1. The first-order valence-electron chi connectivity index (χ1n) is 6.70. The molecule has 1 fully saturated rings. The number of nitrogens with two attached hydrogens (primary N) is 1. The van der Waals surface area contributed by atoms with E-state index in [9.17, 15) is 0 Å². The van der Waals surface area contributed by atoms with Crippen LogP contribution in [-0.4, -0.2) is 42.6 Å². The Morgan fingerprint density at radius 3 is 3.00 bits per heavy atom. The lowest BCUT2D eigenvalue weighted by molar-refractivity contribution is 0.259. The first-order valence-corrected chi connectivity index (χ1v) is 6.70. The van der Waals surface area contributed by atoms with E-state index in [0.29, 0.717) is 11.4 Å². The highest BCUT2D eigenvalue weighted by molar-refractivity contribution is 5.46. The van der Waals surface area contributed by atoms with Crippen LogP contribution in [0, 0.1) is 18.3 Å². The zero-order valence-electron chi connectivity index (χ0n) is 11.7. The third kappa shape index (κ3) is 3.95. The number of pyridine rings is 1. The van der Waals surface area contributed by atoms with E-state index in [4.69, 9.17) is 11.0 Å². The number of rotatable bonds is 4. The van der Waals surface area contributed by atoms with Crippen molar-refractivity contribution in [2.45, 2.75) is 6.92 Å². The molecule has 1 aliphatic heterocycles. The van der Waals surface area contributed by atoms with Crippen molar-refractivity contribution >= 4 is 5.82 Å². The number of hydrogen-bond donors (Lipinski definition) is 3. The summed E-state index contributed by atoms with van der Waals surface area (Å²) in [6.45, 7) is 6.70. The first-order chi connectivity index (χ1) is 9.69. The van der Waals surface area contributed by atoms with E-state index < -0.39 is 0 Å². The molecule has 4 N–H and O–H groups in total. The van der Waals surface area contributed by atoms with Crippen LogP contribution in [0.4, 0.5) is 5.82 Å². The lowest BCUT2D eigenvalue weighted by atomic mass is 10.2. The van der Waals surface area contributed by atoms with Gasteiger partial charge in [-0.2, -0.15) is 5.26 Å². The maximum atomic E-state index is 8.86. The van der Waals surface area contributed by atoms with Crippen LogP contribution in [0.2, 0.25) is 0 Å². The quantitative estimate of drug-likeness (QED) is 0.734. The highest BCUT2D eigenvalue weighted by Gasteiger charge is 2.09. The molecule has 1 aliphatic rings. The van der Waals surface area contributed by atoms with Crippen LogP contribution in [0.5, 0.6) is 0 Å². The van der Waals surface area contributed by atoms with E-state index in [1.165, 1.54) is 0 Å². The van der Waals surface area contributed by atoms with Gasteiger partial charge in [0.1, 0.15) is 11.9 Å². The van der Waals surface area contributed by atoms with Crippen LogP contribution in [0.3, 0.4) is 0 Å². The second-order valence-electron chi connectivity index (χ2n) is 4.89. The van der Waals surface area contributed by atoms with Crippen molar-refractivity contribution in [2.24, 2.45) is 5.73 Å². The minimum atomic E-state index is 0.591. The fraction of sp³-hybridized carbons (Fsp3) is 0.429. The SMILES string of the molecule is Cc1cc(N/C=C(\N)CN2CCNCC2)ncc1C#N. The Labute approximate surface area is 119 Å². The van der Waals surface area contributed by atoms with Crippen LogP contribution in [0.25, 0.3) is 0 Å². The smallest absolute Gasteiger partial charge is 0.130 e. The molecule has 0 bridgehead atoms. The van der Waals surface area contributed by atoms with E-state index in [-0.39, 0.29) is 0 Å². The summed E-state index contributed by atoms with van der Waals surface area (Å²) in [7, 11) is 0. The van der Waals surface area contributed by atoms with E-state index in [1.54, 1.807) is 12.4 Å². The Morgan fingerprint density at radius 1 is 1.60 bits per heavy atom. The fourth-order valence-electron chi connectivity index (χ4n) is 2.09. The lowest BCUT2D eigenvalue weighted by Gasteiger charge is -2.27. The molecule has 6 heteroatoms. The Bertz CT molecular complexity index is 525. The van der Waals surface area contributed by atoms with Crippen molar-refractivity contribution in [3.63, 3.8) is 0 Å². The van der Waals surface area contributed by atoms with Crippen LogP contribution in [-0.2, 0) is 0 Å². The van der Waals surface area contributed by atoms with Crippen LogP contribution in [0.15, 0.2) is 24.2 Å². The molecule has 1 aromatic rings. The van der Waals surface area contributed by atoms with E-state index in [2.05, 4.69) is 26.6 Å². The van der Waals surface area contributed by atoms with Crippen molar-refractivity contribution in [1.29, 1.82) is 5.26 Å². The third-order valence-electron chi connectivity index (χ3n) is 3.25. The second-order valence-corrected chi connectivity index (χ2v) is 4.89. The van der Waals surface area contributed by atoms with E-state index in [0.717, 1.165) is 44.0 Å². The molecule has 0 amide bonds. The number of anilines is 1. The fourth-order valence-corrected chi connectivity index (χ4v) is 2.09. The zero-order chi connectivity index (χ0) is 14.4. The molecular formula is C14H20N6. The molecule has 0 aliphatic carbocycles. The van der Waals surface area contributed by atoms with Gasteiger partial charge in [-0.1, -0.05) is 0 Å². The predicted molar refractivity (Wildman–Crippen MR) is 78.9 cm³/mol. The van der Waals surface area contributed by atoms with Gasteiger partial charge in [0.05, 0.1) is 5.56 Å². The van der Waals surface area contributed by atoms with Gasteiger partial charge < -0.3 is 16.4 Å². The third-order valence-corrected chi connectivity index (χ3v) is 3.25. The Kier molecular flexibility index (Phi) is 4.93. The average Bonchev–Trinajstić information content (AvgIpc) is 2.46. The van der Waals surface area contributed by atoms with Gasteiger partial charge in [0.2, 0.25) is 0 Å². The van der Waals surface area contributed by atoms with Crippen molar-refractivity contribution < 1.29 is 0 Å². The van der Waals surface area contributed by atoms with Gasteiger partial charge in [-0.15, -0.1) is 0 Å². The number of aryl methyl sites for hydroxylation is 1. The van der Waals surface area contributed by atoms with Crippen molar-refractivity contribution in [3.8, 4) is 6.07 Å². The van der Waals surface area contributed by atoms with Gasteiger partial charge in [-0.3, -0.25) is 4.90 Å². The average molecular weight is 272 g/mol. The molecule has 1 aromatic heterocycles. The first kappa shape index (κ1) is 14.3. The van der Waals surface area contributed by atoms with Gasteiger partial charge in [0, 0.05) is 50.8 Å². The standard InChI is InChI=1S/C14H20N6/c1-11-6-14(18-8-12(11)7-15)19-9-13(16)10-20-4-2-17-3-5-20/h6,8-9,17H,2-5,10,16H2,1H3,(H,18,19)/b13-9-. The van der Waals surface area contributed by atoms with Crippen molar-refractivity contribution in [2.75, 3.05) is 38.0 Å². The largest absolute Gasteiger partial charge is 0.400 e. The van der Waals surface area contributed by atoms with E-state index in [1.807, 2.05) is 13.0 Å². The Balaban J connectivity index is 1.91. The van der Waals surface area contributed by atoms with Gasteiger partial charge in [-0.25, -0.2) is 4.98 Å². The lowest BCUT2D eigenvalue weighted by Crippen LogP contribution is -2.44. The molecular weight excluding hydrogens is 252 g/mol. The number of nitrogens with one attached hydrogen (secondary N) is 2. The minimum absolute atomic E-state index is 0.591. The molecule has 0 saturated carbocycles. The van der Waals surface area contributed by atoms with Crippen LogP contribution in [0.1, 0.15) is 11.1 Å². The summed E-state index contributed by atoms with van der Waals surface area (Å²) in [4.78, 5) is 6.48. The summed E-state index contributed by atoms with van der Waals surface area (Å²) >= 11 is 0. The molecule has 6 nitrogen and oxygen atoms in total. The molecule has 20 heavy (non-hydrogen) atoms. The summed E-state index contributed by atoms with van der Waals surface area (Å²) in [5.41, 5.74) is 8.27. The molecule has 0 unspecified atom stereocenters. The summed E-state index contributed by atoms with van der Waals surface area (Å²) < 4.78 is 0. The van der Waals surface area contributed by atoms with Crippen molar-refractivity contribution in [1.82, 2.24) is 15.2 Å². The van der Waals surface area contributed by atoms with Crippen molar-refractivity contribution in [3.05, 3.63) is 35.3 Å². The summed E-state index contributed by atoms with van der Waals surface area (Å²) in [5, 5.41) is 15.2. The number of nitrogens with zero attached hydrogens (tertiary/aromatic N) is 3. The minimum Gasteiger partial charge on any atom is -0.400 e. The van der Waals surface area contributed by atoms with Gasteiger partial charge in [0.15, 0.2) is 0 Å². The highest BCUT2D eigenvalue weighted by atomic mass is 15.2. The Hall–Kier alpha value is -2.10. The molecule has 0 radical (unpaired) electrons. The molecule has 0 aromatic carbocycles. The molecule has 1 saturated heterocycles. The van der Waals surface area contributed by atoms with Gasteiger partial charge >= 0.3 is 0 Å². The van der Waals surface area contributed by atoms with Crippen LogP contribution < -0.4 is 16.4 Å². The van der Waals surface area contributed by atoms with Gasteiger partial charge in [-0.05, 0) is 18.6 Å². The molecule has 2 heterocycles. The monoisotopic (exact) mass is 272 g/mol. The molecule has 0 spiro atoms. The van der Waals surface area contributed by atoms with Crippen LogP contribution >= 0.6 is 0 Å². The maximum Gasteiger partial charge on any atom is 0.130 e. The highest BCUT2D eigenvalue weighted by Crippen LogP contribution is 2.10. The topological polar surface area (TPSA) is 90.0 Å². The maximum absolute atomic E-state index is 8.86. The summed E-state index contributed by atoms with van der Waals surface area (Å²) in [5.74, 6) is 0.699. The zero-order valence-corrected chi connectivity index (χ0v) is 11.7. The summed E-state index contributed by atoms with van der Waals surface area (Å²) in [6.07, 6.45) is 3.34. The number of aromatic nitrogens is 1. The van der Waals surface area contributed by atoms with Gasteiger partial charge in [0.25, 0.3) is 0 Å². The van der Waals surface area contributed by atoms with E-state index >= 15 is 0 Å². The summed E-state index contributed by atoms with van der Waals surface area (Å²) in [6, 6.07) is 3.94. The normalized spacial score (nSPS) is 16.7. The molecule has 2 rings (SSSR count). The number of hydrogen-bond acceptors (Lipinski definition) is 6. The molecule has 106 valence electrons.